The minimum Gasteiger partial charge on any atom is -0.386 e. The molecule has 1 rings (SSSR count). The maximum atomic E-state index is 9.91. The molecule has 0 aromatic carbocycles. The first kappa shape index (κ1) is 11.7. The van der Waals surface area contributed by atoms with Crippen LogP contribution in [0.1, 0.15) is 49.9 Å². The molecule has 2 nitrogen and oxygen atoms in total. The summed E-state index contributed by atoms with van der Waals surface area (Å²) in [7, 11) is 0. The van der Waals surface area contributed by atoms with Gasteiger partial charge < -0.3 is 5.11 Å². The molecule has 0 bridgehead atoms. The molecule has 1 unspecified atom stereocenters. The van der Waals surface area contributed by atoms with Crippen LogP contribution in [0.4, 0.5) is 0 Å². The largest absolute Gasteiger partial charge is 0.386 e. The van der Waals surface area contributed by atoms with Crippen LogP contribution in [0.3, 0.4) is 0 Å². The molecule has 3 heteroatoms. The lowest BCUT2D eigenvalue weighted by atomic mass is 9.96. The van der Waals surface area contributed by atoms with Gasteiger partial charge in [0, 0.05) is 11.1 Å². The Morgan fingerprint density at radius 2 is 2.07 bits per heavy atom. The first-order valence-corrected chi connectivity index (χ1v) is 6.15. The normalized spacial score (nSPS) is 13.5. The smallest absolute Gasteiger partial charge is 0.121 e. The molecule has 1 aromatic rings. The van der Waals surface area contributed by atoms with Gasteiger partial charge in [0.15, 0.2) is 0 Å². The summed E-state index contributed by atoms with van der Waals surface area (Å²) in [6, 6.07) is 0. The third kappa shape index (κ3) is 3.07. The monoisotopic (exact) mass is 213 g/mol. The van der Waals surface area contributed by atoms with Gasteiger partial charge >= 0.3 is 0 Å². The number of aromatic nitrogens is 1. The van der Waals surface area contributed by atoms with Gasteiger partial charge in [0.25, 0.3) is 0 Å². The molecule has 80 valence electrons. The Labute approximate surface area is 90.0 Å². The van der Waals surface area contributed by atoms with Crippen LogP contribution < -0.4 is 0 Å². The summed E-state index contributed by atoms with van der Waals surface area (Å²) in [5.41, 5.74) is 1.01. The van der Waals surface area contributed by atoms with E-state index in [2.05, 4.69) is 18.8 Å². The maximum Gasteiger partial charge on any atom is 0.121 e. The van der Waals surface area contributed by atoms with Gasteiger partial charge in [-0.1, -0.05) is 26.7 Å². The molecule has 0 spiro atoms. The summed E-state index contributed by atoms with van der Waals surface area (Å²) in [5.74, 6) is 0.620. The Bertz CT molecular complexity index is 268. The highest BCUT2D eigenvalue weighted by Gasteiger charge is 2.15. The summed E-state index contributed by atoms with van der Waals surface area (Å²) in [4.78, 5) is 4.30. The van der Waals surface area contributed by atoms with Crippen LogP contribution in [0.5, 0.6) is 0 Å². The van der Waals surface area contributed by atoms with E-state index in [0.717, 1.165) is 30.0 Å². The third-order valence-electron chi connectivity index (χ3n) is 2.63. The van der Waals surface area contributed by atoms with Gasteiger partial charge in [0.1, 0.15) is 11.1 Å². The van der Waals surface area contributed by atoms with Gasteiger partial charge in [-0.05, 0) is 19.3 Å². The van der Waals surface area contributed by atoms with Gasteiger partial charge in [-0.15, -0.1) is 11.3 Å². The topological polar surface area (TPSA) is 33.1 Å². The Balaban J connectivity index is 2.53. The number of hydrogen-bond acceptors (Lipinski definition) is 3. The Hall–Kier alpha value is -0.410. The molecule has 1 heterocycles. The Kier molecular flexibility index (Phi) is 4.55. The zero-order chi connectivity index (χ0) is 10.6. The molecule has 1 aromatic heterocycles. The van der Waals surface area contributed by atoms with Gasteiger partial charge in [-0.25, -0.2) is 4.98 Å². The van der Waals surface area contributed by atoms with Gasteiger partial charge in [0.05, 0.1) is 0 Å². The van der Waals surface area contributed by atoms with Crippen molar-refractivity contribution in [2.75, 3.05) is 0 Å². The van der Waals surface area contributed by atoms with Crippen LogP contribution in [-0.2, 0) is 0 Å². The van der Waals surface area contributed by atoms with Crippen molar-refractivity contribution in [3.63, 3.8) is 0 Å². The minimum atomic E-state index is -0.362. The van der Waals surface area contributed by atoms with E-state index in [-0.39, 0.29) is 6.10 Å². The molecular formula is C11H19NOS. The van der Waals surface area contributed by atoms with Crippen molar-refractivity contribution in [1.29, 1.82) is 0 Å². The first-order valence-electron chi connectivity index (χ1n) is 5.27. The number of aryl methyl sites for hydroxylation is 1. The highest BCUT2D eigenvalue weighted by molar-refractivity contribution is 7.09. The Morgan fingerprint density at radius 3 is 2.50 bits per heavy atom. The number of aliphatic hydroxyl groups excluding tert-OH is 1. The fraction of sp³-hybridized carbons (Fsp3) is 0.727. The molecular weight excluding hydrogens is 194 g/mol. The molecule has 1 N–H and O–H groups in total. The number of nitrogens with zero attached hydrogens (tertiary/aromatic N) is 1. The summed E-state index contributed by atoms with van der Waals surface area (Å²) < 4.78 is 0. The molecule has 0 aliphatic rings. The highest BCUT2D eigenvalue weighted by atomic mass is 32.1. The minimum absolute atomic E-state index is 0.362. The van der Waals surface area contributed by atoms with E-state index in [1.807, 2.05) is 12.3 Å². The van der Waals surface area contributed by atoms with Crippen LogP contribution in [0.15, 0.2) is 5.38 Å². The molecule has 0 amide bonds. The standard InChI is InChI=1S/C11H19NOS/c1-4-9(5-2)6-10(13)11-12-8(3)7-14-11/h7,9-10,13H,4-6H2,1-3H3. The summed E-state index contributed by atoms with van der Waals surface area (Å²) in [6.45, 7) is 6.31. The van der Waals surface area contributed by atoms with E-state index in [4.69, 9.17) is 0 Å². The second-order valence-electron chi connectivity index (χ2n) is 3.76. The molecule has 14 heavy (non-hydrogen) atoms. The van der Waals surface area contributed by atoms with Crippen molar-refractivity contribution in [2.45, 2.75) is 46.1 Å². The molecule has 0 aliphatic carbocycles. The van der Waals surface area contributed by atoms with Crippen LogP contribution >= 0.6 is 11.3 Å². The van der Waals surface area contributed by atoms with E-state index < -0.39 is 0 Å². The zero-order valence-corrected chi connectivity index (χ0v) is 9.97. The van der Waals surface area contributed by atoms with Crippen molar-refractivity contribution >= 4 is 11.3 Å². The molecule has 1 atom stereocenters. The lowest BCUT2D eigenvalue weighted by molar-refractivity contribution is 0.140. The maximum absolute atomic E-state index is 9.91. The summed E-state index contributed by atoms with van der Waals surface area (Å²) in [5, 5.41) is 12.8. The molecule has 0 saturated heterocycles. The van der Waals surface area contributed by atoms with Crippen molar-refractivity contribution in [3.05, 3.63) is 16.1 Å². The van der Waals surface area contributed by atoms with Crippen molar-refractivity contribution in [1.82, 2.24) is 4.98 Å². The van der Waals surface area contributed by atoms with E-state index in [0.29, 0.717) is 5.92 Å². The number of rotatable bonds is 5. The van der Waals surface area contributed by atoms with Crippen LogP contribution in [0.25, 0.3) is 0 Å². The Morgan fingerprint density at radius 1 is 1.43 bits per heavy atom. The second kappa shape index (κ2) is 5.47. The predicted octanol–water partition coefficient (Wildman–Crippen LogP) is 3.31. The SMILES string of the molecule is CCC(CC)CC(O)c1nc(C)cs1. The average Bonchev–Trinajstić information content (AvgIpc) is 2.61. The fourth-order valence-electron chi connectivity index (χ4n) is 1.56. The van der Waals surface area contributed by atoms with Crippen LogP contribution in [-0.4, -0.2) is 10.1 Å². The third-order valence-corrected chi connectivity index (χ3v) is 3.70. The number of aliphatic hydroxyl groups is 1. The van der Waals surface area contributed by atoms with Crippen molar-refractivity contribution in [3.8, 4) is 0 Å². The van der Waals surface area contributed by atoms with Crippen molar-refractivity contribution < 1.29 is 5.11 Å². The summed E-state index contributed by atoms with van der Waals surface area (Å²) in [6.07, 6.45) is 2.76. The van der Waals surface area contributed by atoms with E-state index in [9.17, 15) is 5.11 Å². The lowest BCUT2D eigenvalue weighted by Gasteiger charge is -2.15. The van der Waals surface area contributed by atoms with Crippen LogP contribution in [0.2, 0.25) is 0 Å². The number of hydrogen-bond donors (Lipinski definition) is 1. The fourth-order valence-corrected chi connectivity index (χ4v) is 2.36. The predicted molar refractivity (Wildman–Crippen MR) is 60.5 cm³/mol. The first-order chi connectivity index (χ1) is 6.67. The quantitative estimate of drug-likeness (QED) is 0.814. The van der Waals surface area contributed by atoms with Gasteiger partial charge in [0.2, 0.25) is 0 Å². The summed E-state index contributed by atoms with van der Waals surface area (Å²) >= 11 is 1.56. The molecule has 0 saturated carbocycles. The van der Waals surface area contributed by atoms with Crippen LogP contribution in [0, 0.1) is 12.8 Å². The van der Waals surface area contributed by atoms with Crippen molar-refractivity contribution in [2.24, 2.45) is 5.92 Å². The number of thiazole rings is 1. The molecule has 0 fully saturated rings. The lowest BCUT2D eigenvalue weighted by Crippen LogP contribution is -2.05. The van der Waals surface area contributed by atoms with E-state index >= 15 is 0 Å². The van der Waals surface area contributed by atoms with E-state index in [1.165, 1.54) is 0 Å². The molecule has 0 aliphatic heterocycles. The van der Waals surface area contributed by atoms with Gasteiger partial charge in [-0.2, -0.15) is 0 Å². The van der Waals surface area contributed by atoms with Gasteiger partial charge in [-0.3, -0.25) is 0 Å². The average molecular weight is 213 g/mol. The second-order valence-corrected chi connectivity index (χ2v) is 4.65. The molecule has 0 radical (unpaired) electrons. The highest BCUT2D eigenvalue weighted by Crippen LogP contribution is 2.26. The zero-order valence-electron chi connectivity index (χ0n) is 9.16. The van der Waals surface area contributed by atoms with E-state index in [1.54, 1.807) is 11.3 Å².